The van der Waals surface area contributed by atoms with E-state index in [1.165, 1.54) is 0 Å². The standard InChI is InChI=1S/C21H27ClN2O4S/c1-5-20(24(29(4,26)27)18-11-9-17(22)10-12-18)21(25)23-14-16-7-6-8-19(13-16)28-15(2)3/h6-13,15,20H,5,14H2,1-4H3,(H,23,25)/t20-/m0/s1. The molecule has 0 radical (unpaired) electrons. The highest BCUT2D eigenvalue weighted by molar-refractivity contribution is 7.92. The minimum absolute atomic E-state index is 0.0482. The molecule has 0 unspecified atom stereocenters. The third kappa shape index (κ3) is 6.65. The van der Waals surface area contributed by atoms with Crippen molar-refractivity contribution in [1.82, 2.24) is 5.32 Å². The quantitative estimate of drug-likeness (QED) is 0.642. The molecule has 0 aliphatic heterocycles. The highest BCUT2D eigenvalue weighted by Crippen LogP contribution is 2.24. The normalized spacial score (nSPS) is 12.5. The van der Waals surface area contributed by atoms with Gasteiger partial charge >= 0.3 is 0 Å². The lowest BCUT2D eigenvalue weighted by Gasteiger charge is -2.30. The van der Waals surface area contributed by atoms with Gasteiger partial charge < -0.3 is 10.1 Å². The molecule has 2 aromatic carbocycles. The van der Waals surface area contributed by atoms with E-state index in [9.17, 15) is 13.2 Å². The van der Waals surface area contributed by atoms with Crippen molar-refractivity contribution in [3.63, 3.8) is 0 Å². The van der Waals surface area contributed by atoms with Gasteiger partial charge in [-0.1, -0.05) is 30.7 Å². The fourth-order valence-electron chi connectivity index (χ4n) is 2.96. The maximum Gasteiger partial charge on any atom is 0.244 e. The lowest BCUT2D eigenvalue weighted by molar-refractivity contribution is -0.122. The molecule has 2 rings (SSSR count). The molecule has 0 bridgehead atoms. The van der Waals surface area contributed by atoms with E-state index in [-0.39, 0.29) is 18.6 Å². The smallest absolute Gasteiger partial charge is 0.244 e. The van der Waals surface area contributed by atoms with Crippen LogP contribution in [0.2, 0.25) is 5.02 Å². The fourth-order valence-corrected chi connectivity index (χ4v) is 4.29. The monoisotopic (exact) mass is 438 g/mol. The Kier molecular flexibility index (Phi) is 7.93. The summed E-state index contributed by atoms with van der Waals surface area (Å²) in [5.41, 5.74) is 1.26. The van der Waals surface area contributed by atoms with Crippen LogP contribution in [0.4, 0.5) is 5.69 Å². The van der Waals surface area contributed by atoms with Gasteiger partial charge in [0, 0.05) is 11.6 Å². The summed E-state index contributed by atoms with van der Waals surface area (Å²) < 4.78 is 31.7. The number of ether oxygens (including phenoxy) is 1. The molecule has 0 spiro atoms. The van der Waals surface area contributed by atoms with Gasteiger partial charge in [0.05, 0.1) is 18.0 Å². The second-order valence-electron chi connectivity index (χ2n) is 6.99. The van der Waals surface area contributed by atoms with Crippen LogP contribution in [0, 0.1) is 0 Å². The maximum atomic E-state index is 12.9. The van der Waals surface area contributed by atoms with Gasteiger partial charge in [0.2, 0.25) is 15.9 Å². The number of carbonyl (C=O) groups excluding carboxylic acids is 1. The van der Waals surface area contributed by atoms with Crippen LogP contribution in [-0.2, 0) is 21.4 Å². The highest BCUT2D eigenvalue weighted by atomic mass is 35.5. The van der Waals surface area contributed by atoms with Crippen molar-refractivity contribution in [3.8, 4) is 5.75 Å². The number of benzene rings is 2. The molecule has 0 saturated heterocycles. The topological polar surface area (TPSA) is 75.7 Å². The van der Waals surface area contributed by atoms with Crippen LogP contribution in [0.5, 0.6) is 5.75 Å². The molecule has 158 valence electrons. The number of amides is 1. The summed E-state index contributed by atoms with van der Waals surface area (Å²) in [6.45, 7) is 5.92. The number of halogens is 1. The Hall–Kier alpha value is -2.25. The van der Waals surface area contributed by atoms with Crippen molar-refractivity contribution in [2.75, 3.05) is 10.6 Å². The zero-order chi connectivity index (χ0) is 21.6. The first-order chi connectivity index (χ1) is 13.6. The number of hydrogen-bond donors (Lipinski definition) is 1. The van der Waals surface area contributed by atoms with Crippen molar-refractivity contribution < 1.29 is 17.9 Å². The van der Waals surface area contributed by atoms with E-state index >= 15 is 0 Å². The summed E-state index contributed by atoms with van der Waals surface area (Å²) in [6, 6.07) is 12.9. The molecule has 0 heterocycles. The van der Waals surface area contributed by atoms with Crippen molar-refractivity contribution >= 4 is 33.2 Å². The Bertz CT molecular complexity index is 930. The summed E-state index contributed by atoms with van der Waals surface area (Å²) in [7, 11) is -3.68. The zero-order valence-corrected chi connectivity index (χ0v) is 18.6. The molecule has 0 aromatic heterocycles. The van der Waals surface area contributed by atoms with E-state index in [0.717, 1.165) is 21.9 Å². The van der Waals surface area contributed by atoms with Gasteiger partial charge in [-0.2, -0.15) is 0 Å². The number of carbonyl (C=O) groups is 1. The summed E-state index contributed by atoms with van der Waals surface area (Å²) in [5.74, 6) is 0.348. The molecule has 1 atom stereocenters. The van der Waals surface area contributed by atoms with Gasteiger partial charge in [-0.3, -0.25) is 9.10 Å². The van der Waals surface area contributed by atoms with Gasteiger partial charge in [-0.15, -0.1) is 0 Å². The number of nitrogens with one attached hydrogen (secondary N) is 1. The van der Waals surface area contributed by atoms with E-state index in [1.807, 2.05) is 38.1 Å². The van der Waals surface area contributed by atoms with Crippen LogP contribution in [-0.4, -0.2) is 32.7 Å². The maximum absolute atomic E-state index is 12.9. The lowest BCUT2D eigenvalue weighted by atomic mass is 10.1. The Labute approximate surface area is 177 Å². The van der Waals surface area contributed by atoms with Gasteiger partial charge in [0.15, 0.2) is 0 Å². The molecule has 29 heavy (non-hydrogen) atoms. The first kappa shape index (κ1) is 23.0. The van der Waals surface area contributed by atoms with E-state index in [4.69, 9.17) is 16.3 Å². The first-order valence-corrected chi connectivity index (χ1v) is 11.6. The average Bonchev–Trinajstić information content (AvgIpc) is 2.64. The van der Waals surface area contributed by atoms with E-state index < -0.39 is 16.1 Å². The van der Waals surface area contributed by atoms with E-state index in [2.05, 4.69) is 5.32 Å². The van der Waals surface area contributed by atoms with Gasteiger partial charge in [0.1, 0.15) is 11.8 Å². The Morgan fingerprint density at radius 2 is 1.83 bits per heavy atom. The Morgan fingerprint density at radius 3 is 2.38 bits per heavy atom. The number of anilines is 1. The van der Waals surface area contributed by atoms with Crippen LogP contribution < -0.4 is 14.4 Å². The number of nitrogens with zero attached hydrogens (tertiary/aromatic N) is 1. The minimum atomic E-state index is -3.68. The van der Waals surface area contributed by atoms with Crippen molar-refractivity contribution in [1.29, 1.82) is 0 Å². The number of rotatable bonds is 9. The molecule has 1 amide bonds. The molecule has 2 aromatic rings. The summed E-state index contributed by atoms with van der Waals surface area (Å²) in [6.07, 6.45) is 1.45. The second-order valence-corrected chi connectivity index (χ2v) is 9.29. The molecule has 6 nitrogen and oxygen atoms in total. The third-order valence-corrected chi connectivity index (χ3v) is 5.58. The molecular formula is C21H27ClN2O4S. The molecule has 0 saturated carbocycles. The third-order valence-electron chi connectivity index (χ3n) is 4.15. The van der Waals surface area contributed by atoms with Crippen molar-refractivity contribution in [2.45, 2.75) is 45.9 Å². The predicted molar refractivity (Wildman–Crippen MR) is 117 cm³/mol. The minimum Gasteiger partial charge on any atom is -0.491 e. The Balaban J connectivity index is 2.18. The highest BCUT2D eigenvalue weighted by Gasteiger charge is 2.31. The van der Waals surface area contributed by atoms with Gasteiger partial charge in [-0.25, -0.2) is 8.42 Å². The summed E-state index contributed by atoms with van der Waals surface area (Å²) in [4.78, 5) is 12.9. The van der Waals surface area contributed by atoms with Crippen LogP contribution in [0.1, 0.15) is 32.8 Å². The second kappa shape index (κ2) is 9.98. The number of sulfonamides is 1. The molecule has 0 fully saturated rings. The van der Waals surface area contributed by atoms with Crippen LogP contribution >= 0.6 is 11.6 Å². The Morgan fingerprint density at radius 1 is 1.17 bits per heavy atom. The van der Waals surface area contributed by atoms with Crippen LogP contribution in [0.15, 0.2) is 48.5 Å². The first-order valence-electron chi connectivity index (χ1n) is 9.40. The van der Waals surface area contributed by atoms with E-state index in [0.29, 0.717) is 17.1 Å². The molecule has 0 aliphatic rings. The summed E-state index contributed by atoms with van der Waals surface area (Å²) in [5, 5.41) is 3.33. The molecule has 1 N–H and O–H groups in total. The molecule has 8 heteroatoms. The summed E-state index contributed by atoms with van der Waals surface area (Å²) >= 11 is 5.91. The van der Waals surface area contributed by atoms with E-state index in [1.54, 1.807) is 31.2 Å². The fraction of sp³-hybridized carbons (Fsp3) is 0.381. The van der Waals surface area contributed by atoms with Crippen LogP contribution in [0.3, 0.4) is 0 Å². The van der Waals surface area contributed by atoms with Crippen LogP contribution in [0.25, 0.3) is 0 Å². The molecular weight excluding hydrogens is 412 g/mol. The SMILES string of the molecule is CC[C@@H](C(=O)NCc1cccc(OC(C)C)c1)N(c1ccc(Cl)cc1)S(C)(=O)=O. The van der Waals surface area contributed by atoms with Crippen molar-refractivity contribution in [2.24, 2.45) is 0 Å². The predicted octanol–water partition coefficient (Wildman–Crippen LogP) is 3.99. The van der Waals surface area contributed by atoms with Gasteiger partial charge in [-0.05, 0) is 62.2 Å². The average molecular weight is 439 g/mol. The van der Waals surface area contributed by atoms with Crippen molar-refractivity contribution in [3.05, 3.63) is 59.1 Å². The largest absolute Gasteiger partial charge is 0.491 e. The lowest BCUT2D eigenvalue weighted by Crippen LogP contribution is -2.49. The zero-order valence-electron chi connectivity index (χ0n) is 17.1. The number of hydrogen-bond acceptors (Lipinski definition) is 4. The van der Waals surface area contributed by atoms with Gasteiger partial charge in [0.25, 0.3) is 0 Å². The molecule has 0 aliphatic carbocycles.